The Morgan fingerprint density at radius 1 is 1.04 bits per heavy atom. The molecule has 4 nitrogen and oxygen atoms in total. The molecule has 0 saturated heterocycles. The summed E-state index contributed by atoms with van der Waals surface area (Å²) in [6, 6.07) is 14.2. The number of hydrogen-bond acceptors (Lipinski definition) is 4. The van der Waals surface area contributed by atoms with Gasteiger partial charge in [-0.15, -0.1) is 0 Å². The lowest BCUT2D eigenvalue weighted by Crippen LogP contribution is -2.24. The van der Waals surface area contributed by atoms with E-state index in [9.17, 15) is 9.59 Å². The first-order valence-corrected chi connectivity index (χ1v) is 8.04. The lowest BCUT2D eigenvalue weighted by Gasteiger charge is -1.97. The van der Waals surface area contributed by atoms with Crippen LogP contribution in [0, 0.1) is 0 Å². The Balaban J connectivity index is 2.09. The first kappa shape index (κ1) is 14.1. The molecule has 0 fully saturated rings. The molecule has 6 heteroatoms. The Bertz CT molecular complexity index is 1210. The zero-order valence-corrected chi connectivity index (χ0v) is 13.3. The highest BCUT2D eigenvalue weighted by molar-refractivity contribution is 7.15. The Labute approximate surface area is 138 Å². The number of halogens is 1. The maximum absolute atomic E-state index is 12.7. The summed E-state index contributed by atoms with van der Waals surface area (Å²) in [6.45, 7) is 0. The molecule has 0 atom stereocenters. The first-order chi connectivity index (χ1) is 11.1. The molecule has 0 spiro atoms. The standard InChI is InChI=1S/C17H9ClN2O2S/c18-11-7-5-10(6-8-11)9-14-16(22)20-13-4-2-1-3-12(13)15(21)19-17(20)23-14/h1-9H/b14-9-. The molecular formula is C17H9ClN2O2S. The van der Waals surface area contributed by atoms with Crippen molar-refractivity contribution in [1.29, 1.82) is 0 Å². The molecule has 0 saturated carbocycles. The maximum atomic E-state index is 12.7. The van der Waals surface area contributed by atoms with Crippen molar-refractivity contribution in [3.8, 4) is 0 Å². The van der Waals surface area contributed by atoms with E-state index >= 15 is 0 Å². The molecule has 112 valence electrons. The van der Waals surface area contributed by atoms with Crippen LogP contribution in [0.5, 0.6) is 0 Å². The van der Waals surface area contributed by atoms with Crippen LogP contribution >= 0.6 is 22.9 Å². The number of fused-ring (bicyclic) bond motifs is 3. The van der Waals surface area contributed by atoms with Gasteiger partial charge in [-0.1, -0.05) is 47.2 Å². The molecule has 0 aliphatic carbocycles. The summed E-state index contributed by atoms with van der Waals surface area (Å²) in [5.74, 6) is 0. The van der Waals surface area contributed by atoms with E-state index in [1.54, 1.807) is 42.5 Å². The maximum Gasteiger partial charge on any atom is 0.281 e. The number of nitrogens with zero attached hydrogens (tertiary/aromatic N) is 2. The van der Waals surface area contributed by atoms with Crippen molar-refractivity contribution in [3.63, 3.8) is 0 Å². The van der Waals surface area contributed by atoms with Gasteiger partial charge in [0, 0.05) is 5.02 Å². The summed E-state index contributed by atoms with van der Waals surface area (Å²) in [4.78, 5) is 29.2. The molecular weight excluding hydrogens is 332 g/mol. The van der Waals surface area contributed by atoms with Gasteiger partial charge in [-0.05, 0) is 35.9 Å². The van der Waals surface area contributed by atoms with Gasteiger partial charge in [-0.25, -0.2) is 0 Å². The quantitative estimate of drug-likeness (QED) is 0.535. The molecule has 23 heavy (non-hydrogen) atoms. The monoisotopic (exact) mass is 340 g/mol. The normalized spacial score (nSPS) is 12.3. The number of hydrogen-bond donors (Lipinski definition) is 0. The van der Waals surface area contributed by atoms with Crippen LogP contribution in [0.15, 0.2) is 58.1 Å². The highest BCUT2D eigenvalue weighted by Crippen LogP contribution is 2.12. The molecule has 0 radical (unpaired) electrons. The van der Waals surface area contributed by atoms with Gasteiger partial charge < -0.3 is 0 Å². The Morgan fingerprint density at radius 2 is 1.78 bits per heavy atom. The molecule has 0 unspecified atom stereocenters. The van der Waals surface area contributed by atoms with Crippen LogP contribution < -0.4 is 15.7 Å². The van der Waals surface area contributed by atoms with Crippen molar-refractivity contribution >= 4 is 44.9 Å². The molecule has 4 aromatic rings. The van der Waals surface area contributed by atoms with Gasteiger partial charge in [0.25, 0.3) is 11.1 Å². The Morgan fingerprint density at radius 3 is 2.57 bits per heavy atom. The number of para-hydroxylation sites is 1. The van der Waals surface area contributed by atoms with Crippen molar-refractivity contribution < 1.29 is 0 Å². The van der Waals surface area contributed by atoms with Gasteiger partial charge in [-0.2, -0.15) is 4.98 Å². The second-order valence-electron chi connectivity index (χ2n) is 5.02. The lowest BCUT2D eigenvalue weighted by molar-refractivity contribution is 1.12. The predicted octanol–water partition coefficient (Wildman–Crippen LogP) is 2.47. The zero-order valence-electron chi connectivity index (χ0n) is 11.7. The van der Waals surface area contributed by atoms with Crippen LogP contribution in [0.25, 0.3) is 21.9 Å². The fraction of sp³-hybridized carbons (Fsp3) is 0. The minimum atomic E-state index is -0.320. The molecule has 4 rings (SSSR count). The topological polar surface area (TPSA) is 51.4 Å². The molecule has 0 N–H and O–H groups in total. The van der Waals surface area contributed by atoms with E-state index in [4.69, 9.17) is 11.6 Å². The van der Waals surface area contributed by atoms with Crippen LogP contribution in [0.1, 0.15) is 5.56 Å². The highest BCUT2D eigenvalue weighted by atomic mass is 35.5. The van der Waals surface area contributed by atoms with E-state index in [2.05, 4.69) is 4.98 Å². The molecule has 0 aliphatic heterocycles. The number of benzene rings is 2. The number of rotatable bonds is 1. The summed E-state index contributed by atoms with van der Waals surface area (Å²) in [5.41, 5.74) is 0.952. The predicted molar refractivity (Wildman–Crippen MR) is 93.4 cm³/mol. The minimum absolute atomic E-state index is 0.177. The third-order valence-corrected chi connectivity index (χ3v) is 4.77. The minimum Gasteiger partial charge on any atom is -0.267 e. The largest absolute Gasteiger partial charge is 0.281 e. The number of thiazole rings is 1. The molecule has 2 heterocycles. The first-order valence-electron chi connectivity index (χ1n) is 6.85. The molecule has 0 aliphatic rings. The smallest absolute Gasteiger partial charge is 0.267 e. The fourth-order valence-electron chi connectivity index (χ4n) is 2.47. The van der Waals surface area contributed by atoms with Crippen molar-refractivity contribution in [2.45, 2.75) is 0 Å². The summed E-state index contributed by atoms with van der Waals surface area (Å²) in [5, 5.41) is 1.08. The van der Waals surface area contributed by atoms with Gasteiger partial charge in [-0.3, -0.25) is 14.0 Å². The average Bonchev–Trinajstić information content (AvgIpc) is 2.86. The Hall–Kier alpha value is -2.50. The van der Waals surface area contributed by atoms with Crippen molar-refractivity contribution in [2.24, 2.45) is 0 Å². The van der Waals surface area contributed by atoms with Crippen molar-refractivity contribution in [1.82, 2.24) is 9.38 Å². The van der Waals surface area contributed by atoms with Crippen molar-refractivity contribution in [2.75, 3.05) is 0 Å². The molecule has 2 aromatic heterocycles. The lowest BCUT2D eigenvalue weighted by atomic mass is 10.2. The van der Waals surface area contributed by atoms with Crippen LogP contribution in [0.3, 0.4) is 0 Å². The number of aromatic nitrogens is 2. The second kappa shape index (κ2) is 5.30. The zero-order chi connectivity index (χ0) is 16.0. The van der Waals surface area contributed by atoms with Gasteiger partial charge in [0.15, 0.2) is 0 Å². The SMILES string of the molecule is O=c1nc2s/c(=C\c3ccc(Cl)cc3)c(=O)n2c2ccccc12. The van der Waals surface area contributed by atoms with E-state index in [1.165, 1.54) is 15.7 Å². The molecule has 0 bridgehead atoms. The van der Waals surface area contributed by atoms with E-state index in [1.807, 2.05) is 12.1 Å². The van der Waals surface area contributed by atoms with Crippen molar-refractivity contribution in [3.05, 3.63) is 84.4 Å². The average molecular weight is 341 g/mol. The third-order valence-electron chi connectivity index (χ3n) is 3.55. The Kier molecular flexibility index (Phi) is 3.25. The second-order valence-corrected chi connectivity index (χ2v) is 6.46. The third kappa shape index (κ3) is 2.34. The fourth-order valence-corrected chi connectivity index (χ4v) is 3.57. The summed E-state index contributed by atoms with van der Waals surface area (Å²) < 4.78 is 2.01. The van der Waals surface area contributed by atoms with Crippen LogP contribution in [0.2, 0.25) is 5.02 Å². The van der Waals surface area contributed by atoms with E-state index in [0.717, 1.165) is 5.56 Å². The van der Waals surface area contributed by atoms with Crippen LogP contribution in [-0.2, 0) is 0 Å². The summed E-state index contributed by atoms with van der Waals surface area (Å²) in [7, 11) is 0. The highest BCUT2D eigenvalue weighted by Gasteiger charge is 2.10. The summed E-state index contributed by atoms with van der Waals surface area (Å²) in [6.07, 6.45) is 1.78. The van der Waals surface area contributed by atoms with E-state index in [0.29, 0.717) is 25.4 Å². The van der Waals surface area contributed by atoms with Crippen LogP contribution in [-0.4, -0.2) is 9.38 Å². The van der Waals surface area contributed by atoms with Gasteiger partial charge in [0.05, 0.1) is 15.4 Å². The van der Waals surface area contributed by atoms with E-state index < -0.39 is 0 Å². The molecule has 2 aromatic carbocycles. The van der Waals surface area contributed by atoms with Gasteiger partial charge >= 0.3 is 0 Å². The van der Waals surface area contributed by atoms with Gasteiger partial charge in [0.1, 0.15) is 0 Å². The van der Waals surface area contributed by atoms with E-state index in [-0.39, 0.29) is 11.1 Å². The van der Waals surface area contributed by atoms with Gasteiger partial charge in [0.2, 0.25) is 4.96 Å². The molecule has 0 amide bonds. The summed E-state index contributed by atoms with van der Waals surface area (Å²) >= 11 is 7.07. The van der Waals surface area contributed by atoms with Crippen LogP contribution in [0.4, 0.5) is 0 Å².